The molecule has 39 heavy (non-hydrogen) atoms. The standard InChI is InChI=1S/C29H32ClN5O3S/c1-19-8-9-23-24(17-19)32-29(31-23)21-10-13-34(14-11-21)27(36)18-26-25-7-4-12-33(25)15-16-35(26)39(37,38)28-20(2)5-3-6-22(28)30/h3-9,12,17,21,26H,10-11,13-16,18H2,1-2H3,(H,31,32). The molecule has 1 saturated heterocycles. The van der Waals surface area contributed by atoms with Crippen molar-refractivity contribution in [3.05, 3.63) is 82.4 Å². The Bertz CT molecular complexity index is 1630. The number of benzene rings is 2. The van der Waals surface area contributed by atoms with Gasteiger partial charge in [-0.25, -0.2) is 13.4 Å². The first-order chi connectivity index (χ1) is 18.7. The van der Waals surface area contributed by atoms with Gasteiger partial charge in [0.05, 0.1) is 22.1 Å². The number of aromatic nitrogens is 3. The molecule has 0 radical (unpaired) electrons. The molecule has 0 spiro atoms. The molecule has 2 aliphatic rings. The van der Waals surface area contributed by atoms with Crippen LogP contribution in [0.15, 0.2) is 59.6 Å². The van der Waals surface area contributed by atoms with Crippen molar-refractivity contribution in [1.82, 2.24) is 23.7 Å². The molecule has 1 atom stereocenters. The van der Waals surface area contributed by atoms with E-state index in [0.717, 1.165) is 35.4 Å². The monoisotopic (exact) mass is 565 g/mol. The first-order valence-corrected chi connectivity index (χ1v) is 15.2. The largest absolute Gasteiger partial charge is 0.349 e. The molecule has 1 amide bonds. The van der Waals surface area contributed by atoms with Crippen LogP contribution in [0.25, 0.3) is 11.0 Å². The zero-order chi connectivity index (χ0) is 27.3. The maximum Gasteiger partial charge on any atom is 0.245 e. The van der Waals surface area contributed by atoms with Crippen molar-refractivity contribution in [2.75, 3.05) is 19.6 Å². The van der Waals surface area contributed by atoms with E-state index >= 15 is 0 Å². The van der Waals surface area contributed by atoms with Crippen LogP contribution in [0.4, 0.5) is 0 Å². The fraction of sp³-hybridized carbons (Fsp3) is 0.379. The summed E-state index contributed by atoms with van der Waals surface area (Å²) >= 11 is 6.39. The lowest BCUT2D eigenvalue weighted by atomic mass is 9.95. The van der Waals surface area contributed by atoms with Crippen LogP contribution in [0.5, 0.6) is 0 Å². The molecule has 1 N–H and O–H groups in total. The summed E-state index contributed by atoms with van der Waals surface area (Å²) in [4.78, 5) is 23.9. The van der Waals surface area contributed by atoms with Crippen molar-refractivity contribution in [3.63, 3.8) is 0 Å². The molecule has 0 aliphatic carbocycles. The first kappa shape index (κ1) is 26.1. The van der Waals surface area contributed by atoms with Crippen molar-refractivity contribution in [2.45, 2.75) is 56.5 Å². The number of likely N-dealkylation sites (tertiary alicyclic amines) is 1. The number of sulfonamides is 1. The molecule has 4 aromatic rings. The Kier molecular flexibility index (Phi) is 6.77. The second-order valence-electron chi connectivity index (χ2n) is 10.6. The van der Waals surface area contributed by atoms with Crippen LogP contribution < -0.4 is 0 Å². The van der Waals surface area contributed by atoms with E-state index < -0.39 is 16.1 Å². The van der Waals surface area contributed by atoms with Gasteiger partial charge in [0.25, 0.3) is 0 Å². The van der Waals surface area contributed by atoms with Crippen LogP contribution in [0, 0.1) is 13.8 Å². The number of nitrogens with zero attached hydrogens (tertiary/aromatic N) is 4. The number of rotatable bonds is 5. The van der Waals surface area contributed by atoms with Gasteiger partial charge in [0.2, 0.25) is 15.9 Å². The molecule has 10 heteroatoms. The highest BCUT2D eigenvalue weighted by atomic mass is 35.5. The number of nitrogens with one attached hydrogen (secondary N) is 1. The fourth-order valence-corrected chi connectivity index (χ4v) is 8.41. The molecular formula is C29H32ClN5O3S. The van der Waals surface area contributed by atoms with Gasteiger partial charge in [-0.2, -0.15) is 4.31 Å². The summed E-state index contributed by atoms with van der Waals surface area (Å²) < 4.78 is 31.4. The summed E-state index contributed by atoms with van der Waals surface area (Å²) in [6.45, 7) is 5.85. The van der Waals surface area contributed by atoms with Gasteiger partial charge in [-0.3, -0.25) is 4.79 Å². The van der Waals surface area contributed by atoms with Gasteiger partial charge >= 0.3 is 0 Å². The van der Waals surface area contributed by atoms with Crippen LogP contribution in [0.3, 0.4) is 0 Å². The molecule has 0 saturated carbocycles. The summed E-state index contributed by atoms with van der Waals surface area (Å²) in [5, 5.41) is 0.198. The van der Waals surface area contributed by atoms with Gasteiger partial charge in [-0.1, -0.05) is 29.8 Å². The van der Waals surface area contributed by atoms with Crippen LogP contribution in [-0.2, 0) is 21.4 Å². The summed E-state index contributed by atoms with van der Waals surface area (Å²) in [7, 11) is -3.93. The average molecular weight is 566 g/mol. The Morgan fingerprint density at radius 1 is 1.05 bits per heavy atom. The van der Waals surface area contributed by atoms with Crippen molar-refractivity contribution < 1.29 is 13.2 Å². The predicted molar refractivity (Wildman–Crippen MR) is 151 cm³/mol. The Balaban J connectivity index is 1.20. The minimum atomic E-state index is -3.93. The molecule has 2 aliphatic heterocycles. The second-order valence-corrected chi connectivity index (χ2v) is 12.9. The van der Waals surface area contributed by atoms with Crippen LogP contribution in [0.1, 0.15) is 53.9 Å². The first-order valence-electron chi connectivity index (χ1n) is 13.4. The fourth-order valence-electron chi connectivity index (χ4n) is 6.03. The third kappa shape index (κ3) is 4.77. The zero-order valence-electron chi connectivity index (χ0n) is 22.1. The molecule has 2 aromatic heterocycles. The number of imidazole rings is 1. The molecule has 204 valence electrons. The van der Waals surface area contributed by atoms with Crippen molar-refractivity contribution in [1.29, 1.82) is 0 Å². The third-order valence-corrected chi connectivity index (χ3v) is 10.6. The lowest BCUT2D eigenvalue weighted by molar-refractivity contribution is -0.133. The number of aromatic amines is 1. The lowest BCUT2D eigenvalue weighted by Gasteiger charge is -2.38. The third-order valence-electron chi connectivity index (χ3n) is 8.10. The number of carbonyl (C=O) groups excluding carboxylic acids is 1. The van der Waals surface area contributed by atoms with Gasteiger partial charge in [-0.05, 0) is 68.1 Å². The average Bonchev–Trinajstić information content (AvgIpc) is 3.55. The quantitative estimate of drug-likeness (QED) is 0.361. The number of H-pyrrole nitrogens is 1. The van der Waals surface area contributed by atoms with E-state index in [9.17, 15) is 13.2 Å². The lowest BCUT2D eigenvalue weighted by Crippen LogP contribution is -2.45. The van der Waals surface area contributed by atoms with E-state index in [2.05, 4.69) is 24.0 Å². The normalized spacial score (nSPS) is 18.9. The van der Waals surface area contributed by atoms with Gasteiger partial charge in [0.15, 0.2) is 0 Å². The smallest absolute Gasteiger partial charge is 0.245 e. The molecule has 6 rings (SSSR count). The Morgan fingerprint density at radius 2 is 1.85 bits per heavy atom. The van der Waals surface area contributed by atoms with Crippen molar-refractivity contribution in [2.24, 2.45) is 0 Å². The Morgan fingerprint density at radius 3 is 2.62 bits per heavy atom. The highest BCUT2D eigenvalue weighted by Crippen LogP contribution is 2.38. The minimum Gasteiger partial charge on any atom is -0.349 e. The van der Waals surface area contributed by atoms with Crippen molar-refractivity contribution >= 4 is 38.6 Å². The number of fused-ring (bicyclic) bond motifs is 2. The molecule has 1 fully saturated rings. The van der Waals surface area contributed by atoms with E-state index in [1.807, 2.05) is 33.9 Å². The van der Waals surface area contributed by atoms with E-state index in [4.69, 9.17) is 16.6 Å². The van der Waals surface area contributed by atoms with Crippen LogP contribution in [-0.4, -0.2) is 57.7 Å². The number of aryl methyl sites for hydroxylation is 2. The van der Waals surface area contributed by atoms with Gasteiger partial charge in [0.1, 0.15) is 10.7 Å². The molecule has 0 bridgehead atoms. The Hall–Kier alpha value is -3.14. The van der Waals surface area contributed by atoms with E-state index in [1.165, 1.54) is 9.87 Å². The van der Waals surface area contributed by atoms with Crippen LogP contribution >= 0.6 is 11.6 Å². The zero-order valence-corrected chi connectivity index (χ0v) is 23.7. The van der Waals surface area contributed by atoms with E-state index in [1.54, 1.807) is 25.1 Å². The SMILES string of the molecule is Cc1ccc2nc(C3CCN(C(=O)CC4c5cccn5CCN4S(=O)(=O)c4c(C)cccc4Cl)CC3)[nH]c2c1. The van der Waals surface area contributed by atoms with Crippen LogP contribution in [0.2, 0.25) is 5.02 Å². The number of halogens is 1. The number of carbonyl (C=O) groups is 1. The minimum absolute atomic E-state index is 0.0376. The molecule has 2 aromatic carbocycles. The summed E-state index contributed by atoms with van der Waals surface area (Å²) in [6.07, 6.45) is 3.65. The second kappa shape index (κ2) is 10.1. The molecule has 8 nitrogen and oxygen atoms in total. The van der Waals surface area contributed by atoms with Gasteiger partial charge in [-0.15, -0.1) is 0 Å². The number of piperidine rings is 1. The Labute approximate surface area is 233 Å². The van der Waals surface area contributed by atoms with Crippen molar-refractivity contribution in [3.8, 4) is 0 Å². The van der Waals surface area contributed by atoms with Gasteiger partial charge in [0, 0.05) is 50.4 Å². The highest BCUT2D eigenvalue weighted by Gasteiger charge is 2.40. The van der Waals surface area contributed by atoms with Gasteiger partial charge < -0.3 is 14.5 Å². The molecule has 4 heterocycles. The van der Waals surface area contributed by atoms with E-state index in [0.29, 0.717) is 25.2 Å². The summed E-state index contributed by atoms with van der Waals surface area (Å²) in [6, 6.07) is 14.5. The topological polar surface area (TPSA) is 91.3 Å². The molecular weight excluding hydrogens is 534 g/mol. The molecule has 1 unspecified atom stereocenters. The predicted octanol–water partition coefficient (Wildman–Crippen LogP) is 5.18. The maximum atomic E-state index is 13.9. The maximum absolute atomic E-state index is 13.9. The number of hydrogen-bond donors (Lipinski definition) is 1. The van der Waals surface area contributed by atoms with E-state index in [-0.39, 0.29) is 34.7 Å². The summed E-state index contributed by atoms with van der Waals surface area (Å²) in [5.41, 5.74) is 4.61. The summed E-state index contributed by atoms with van der Waals surface area (Å²) in [5.74, 6) is 1.19. The highest BCUT2D eigenvalue weighted by molar-refractivity contribution is 7.89. The number of amides is 1. The number of hydrogen-bond acceptors (Lipinski definition) is 4.